The highest BCUT2D eigenvalue weighted by molar-refractivity contribution is 5.76. The number of benzene rings is 3. The third-order valence-corrected chi connectivity index (χ3v) is 6.23. The van der Waals surface area contributed by atoms with E-state index in [2.05, 4.69) is 54.6 Å². The molecule has 1 aliphatic carbocycles. The van der Waals surface area contributed by atoms with Crippen LogP contribution in [0.25, 0.3) is 16.7 Å². The van der Waals surface area contributed by atoms with Gasteiger partial charge in [0.1, 0.15) is 31.2 Å². The first kappa shape index (κ1) is 26.9. The molecule has 0 spiro atoms. The van der Waals surface area contributed by atoms with Crippen LogP contribution in [0, 0.1) is 0 Å². The van der Waals surface area contributed by atoms with Crippen molar-refractivity contribution in [1.29, 1.82) is 0 Å². The predicted octanol–water partition coefficient (Wildman–Crippen LogP) is 6.11. The van der Waals surface area contributed by atoms with E-state index < -0.39 is 5.60 Å². The highest BCUT2D eigenvalue weighted by atomic mass is 16.6. The summed E-state index contributed by atoms with van der Waals surface area (Å²) in [6.07, 6.45) is 6.94. The summed E-state index contributed by atoms with van der Waals surface area (Å²) in [6, 6.07) is 26.5. The van der Waals surface area contributed by atoms with Gasteiger partial charge in [0, 0.05) is 20.3 Å². The first-order chi connectivity index (χ1) is 18.4. The molecule has 0 saturated carbocycles. The second kappa shape index (κ2) is 12.9. The Bertz CT molecular complexity index is 1280. The standard InChI is InChI=1S/C32H32O6/c1-24(33)35-20-21-37-31-14-10-28(11-15-31)29-16-18-32(19-17-29,38-23-22-36-25(2)34)30-12-8-27(9-13-30)26-6-4-3-5-7-26/h3-18H,19-23H2,1-2H3. The van der Waals surface area contributed by atoms with Crippen molar-refractivity contribution in [3.63, 3.8) is 0 Å². The van der Waals surface area contributed by atoms with Gasteiger partial charge in [-0.15, -0.1) is 0 Å². The predicted molar refractivity (Wildman–Crippen MR) is 146 cm³/mol. The molecule has 196 valence electrons. The lowest BCUT2D eigenvalue weighted by atomic mass is 9.83. The van der Waals surface area contributed by atoms with Gasteiger partial charge in [-0.05, 0) is 46.0 Å². The monoisotopic (exact) mass is 512 g/mol. The van der Waals surface area contributed by atoms with Crippen molar-refractivity contribution in [3.8, 4) is 16.9 Å². The van der Waals surface area contributed by atoms with Gasteiger partial charge in [0.15, 0.2) is 0 Å². The Balaban J connectivity index is 1.47. The number of carbonyl (C=O) groups excluding carboxylic acids is 2. The Morgan fingerprint density at radius 2 is 1.32 bits per heavy atom. The van der Waals surface area contributed by atoms with Crippen LogP contribution in [0.1, 0.15) is 31.4 Å². The van der Waals surface area contributed by atoms with Crippen LogP contribution in [-0.4, -0.2) is 38.4 Å². The molecule has 0 bridgehead atoms. The molecule has 3 aromatic rings. The minimum Gasteiger partial charge on any atom is -0.490 e. The molecular weight excluding hydrogens is 480 g/mol. The molecular formula is C32H32O6. The Labute approximate surface area is 223 Å². The van der Waals surface area contributed by atoms with Crippen LogP contribution < -0.4 is 4.74 Å². The van der Waals surface area contributed by atoms with E-state index in [0.29, 0.717) is 18.8 Å². The SMILES string of the molecule is CC(=O)OCCOc1ccc(C2=CCC(OCCOC(C)=O)(c3ccc(-c4ccccc4)cc3)C=C2)cc1. The lowest BCUT2D eigenvalue weighted by molar-refractivity contribution is -0.144. The van der Waals surface area contributed by atoms with E-state index in [1.807, 2.05) is 42.5 Å². The molecule has 4 rings (SSSR count). The van der Waals surface area contributed by atoms with E-state index in [0.717, 1.165) is 27.8 Å². The summed E-state index contributed by atoms with van der Waals surface area (Å²) in [5, 5.41) is 0. The molecule has 0 N–H and O–H groups in total. The lowest BCUT2D eigenvalue weighted by Crippen LogP contribution is -2.30. The number of rotatable bonds is 11. The van der Waals surface area contributed by atoms with Crippen molar-refractivity contribution in [2.24, 2.45) is 0 Å². The van der Waals surface area contributed by atoms with Crippen LogP contribution in [0.15, 0.2) is 97.1 Å². The fourth-order valence-electron chi connectivity index (χ4n) is 4.31. The molecule has 6 heteroatoms. The number of allylic oxidation sites excluding steroid dienone is 2. The molecule has 0 aromatic heterocycles. The van der Waals surface area contributed by atoms with E-state index in [1.165, 1.54) is 13.8 Å². The van der Waals surface area contributed by atoms with Gasteiger partial charge in [0.2, 0.25) is 0 Å². The molecule has 0 amide bonds. The van der Waals surface area contributed by atoms with Gasteiger partial charge in [-0.1, -0.05) is 78.9 Å². The van der Waals surface area contributed by atoms with E-state index >= 15 is 0 Å². The normalized spacial score (nSPS) is 16.4. The van der Waals surface area contributed by atoms with Gasteiger partial charge < -0.3 is 18.9 Å². The van der Waals surface area contributed by atoms with Crippen molar-refractivity contribution in [2.75, 3.05) is 26.4 Å². The van der Waals surface area contributed by atoms with Crippen LogP contribution in [0.4, 0.5) is 0 Å². The minimum absolute atomic E-state index is 0.197. The van der Waals surface area contributed by atoms with Crippen molar-refractivity contribution < 1.29 is 28.5 Å². The second-order valence-electron chi connectivity index (χ2n) is 8.93. The maximum atomic E-state index is 11.2. The first-order valence-electron chi connectivity index (χ1n) is 12.6. The van der Waals surface area contributed by atoms with Crippen LogP contribution >= 0.6 is 0 Å². The molecule has 1 atom stereocenters. The second-order valence-corrected chi connectivity index (χ2v) is 8.93. The molecule has 0 saturated heterocycles. The number of ether oxygens (including phenoxy) is 4. The molecule has 1 aliphatic rings. The summed E-state index contributed by atoms with van der Waals surface area (Å²) in [5.74, 6) is 0.0662. The molecule has 38 heavy (non-hydrogen) atoms. The molecule has 0 fully saturated rings. The first-order valence-corrected chi connectivity index (χ1v) is 12.6. The smallest absolute Gasteiger partial charge is 0.302 e. The molecule has 3 aromatic carbocycles. The molecule has 6 nitrogen and oxygen atoms in total. The number of carbonyl (C=O) groups is 2. The molecule has 0 radical (unpaired) electrons. The van der Waals surface area contributed by atoms with E-state index in [9.17, 15) is 9.59 Å². The minimum atomic E-state index is -0.668. The van der Waals surface area contributed by atoms with Gasteiger partial charge in [-0.3, -0.25) is 9.59 Å². The van der Waals surface area contributed by atoms with Gasteiger partial charge in [0.25, 0.3) is 0 Å². The maximum Gasteiger partial charge on any atom is 0.302 e. The largest absolute Gasteiger partial charge is 0.490 e. The topological polar surface area (TPSA) is 71.1 Å². The summed E-state index contributed by atoms with van der Waals surface area (Å²) in [7, 11) is 0. The van der Waals surface area contributed by atoms with Gasteiger partial charge in [0.05, 0.1) is 6.61 Å². The lowest BCUT2D eigenvalue weighted by Gasteiger charge is -2.33. The Morgan fingerprint density at radius 3 is 1.92 bits per heavy atom. The van der Waals surface area contributed by atoms with Crippen molar-refractivity contribution in [2.45, 2.75) is 25.9 Å². The summed E-state index contributed by atoms with van der Waals surface area (Å²) in [6.45, 7) is 3.77. The highest BCUT2D eigenvalue weighted by Crippen LogP contribution is 2.38. The summed E-state index contributed by atoms with van der Waals surface area (Å²) in [5.41, 5.74) is 4.79. The van der Waals surface area contributed by atoms with E-state index in [-0.39, 0.29) is 31.8 Å². The Hall–Kier alpha value is -4.16. The van der Waals surface area contributed by atoms with Crippen molar-refractivity contribution >= 4 is 17.5 Å². The number of hydrogen-bond acceptors (Lipinski definition) is 6. The highest BCUT2D eigenvalue weighted by Gasteiger charge is 2.32. The fourth-order valence-corrected chi connectivity index (χ4v) is 4.31. The maximum absolute atomic E-state index is 11.2. The van der Waals surface area contributed by atoms with E-state index in [1.54, 1.807) is 0 Å². The average molecular weight is 513 g/mol. The van der Waals surface area contributed by atoms with Crippen molar-refractivity contribution in [3.05, 3.63) is 108 Å². The number of hydrogen-bond donors (Lipinski definition) is 0. The fraction of sp³-hybridized carbons (Fsp3) is 0.250. The Morgan fingerprint density at radius 1 is 0.711 bits per heavy atom. The zero-order chi connectivity index (χ0) is 26.8. The van der Waals surface area contributed by atoms with Gasteiger partial charge in [-0.25, -0.2) is 0 Å². The third kappa shape index (κ3) is 7.20. The summed E-state index contributed by atoms with van der Waals surface area (Å²) < 4.78 is 22.0. The molecule has 0 aliphatic heterocycles. The van der Waals surface area contributed by atoms with Crippen LogP contribution in [0.5, 0.6) is 5.75 Å². The third-order valence-electron chi connectivity index (χ3n) is 6.23. The summed E-state index contributed by atoms with van der Waals surface area (Å²) >= 11 is 0. The van der Waals surface area contributed by atoms with Crippen LogP contribution in [0.2, 0.25) is 0 Å². The average Bonchev–Trinajstić information content (AvgIpc) is 2.94. The van der Waals surface area contributed by atoms with Gasteiger partial charge >= 0.3 is 11.9 Å². The molecule has 1 unspecified atom stereocenters. The van der Waals surface area contributed by atoms with E-state index in [4.69, 9.17) is 18.9 Å². The zero-order valence-corrected chi connectivity index (χ0v) is 21.7. The molecule has 0 heterocycles. The van der Waals surface area contributed by atoms with Crippen LogP contribution in [-0.2, 0) is 29.4 Å². The summed E-state index contributed by atoms with van der Waals surface area (Å²) in [4.78, 5) is 22.1. The Kier molecular flexibility index (Phi) is 9.11. The zero-order valence-electron chi connectivity index (χ0n) is 21.7. The van der Waals surface area contributed by atoms with Crippen molar-refractivity contribution in [1.82, 2.24) is 0 Å². The van der Waals surface area contributed by atoms with Gasteiger partial charge in [-0.2, -0.15) is 0 Å². The number of esters is 2. The quantitative estimate of drug-likeness (QED) is 0.228. The van der Waals surface area contributed by atoms with Crippen LogP contribution in [0.3, 0.4) is 0 Å².